The van der Waals surface area contributed by atoms with Crippen LogP contribution in [0.2, 0.25) is 0 Å². The topological polar surface area (TPSA) is 97.4 Å². The minimum absolute atomic E-state index is 0.225. The Labute approximate surface area is 212 Å². The first-order chi connectivity index (χ1) is 17.3. The van der Waals surface area contributed by atoms with E-state index in [9.17, 15) is 14.2 Å². The molecule has 4 atom stereocenters. The third-order valence-electron chi connectivity index (χ3n) is 5.59. The van der Waals surface area contributed by atoms with Gasteiger partial charge in [-0.2, -0.15) is 0 Å². The van der Waals surface area contributed by atoms with Crippen LogP contribution in [0.1, 0.15) is 47.0 Å². The summed E-state index contributed by atoms with van der Waals surface area (Å²) in [5.41, 5.74) is 1.60. The highest BCUT2D eigenvalue weighted by molar-refractivity contribution is 7.67. The van der Waals surface area contributed by atoms with Gasteiger partial charge in [-0.15, -0.1) is 0 Å². The van der Waals surface area contributed by atoms with Gasteiger partial charge in [0.2, 0.25) is 0 Å². The van der Waals surface area contributed by atoms with Crippen LogP contribution in [0.5, 0.6) is 5.75 Å². The Bertz CT molecular complexity index is 1080. The Morgan fingerprint density at radius 3 is 2.11 bits per heavy atom. The molecule has 0 saturated heterocycles. The molecule has 0 fully saturated rings. The maximum absolute atomic E-state index is 14.3. The van der Waals surface area contributed by atoms with Crippen molar-refractivity contribution in [2.45, 2.75) is 59.5 Å². The average Bonchev–Trinajstić information content (AvgIpc) is 2.86. The maximum atomic E-state index is 14.3. The van der Waals surface area contributed by atoms with Crippen LogP contribution in [0, 0.1) is 5.92 Å². The lowest BCUT2D eigenvalue weighted by molar-refractivity contribution is -0.185. The van der Waals surface area contributed by atoms with Gasteiger partial charge in [0.05, 0.1) is 37.0 Å². The number of fused-ring (bicyclic) bond motifs is 3. The molecule has 1 aliphatic heterocycles. The van der Waals surface area contributed by atoms with Crippen LogP contribution < -0.4 is 9.83 Å². The van der Waals surface area contributed by atoms with E-state index < -0.39 is 37.8 Å². The van der Waals surface area contributed by atoms with E-state index in [1.807, 2.05) is 38.1 Å². The van der Waals surface area contributed by atoms with E-state index in [1.165, 1.54) is 0 Å². The zero-order valence-corrected chi connectivity index (χ0v) is 22.2. The first-order valence-electron chi connectivity index (χ1n) is 12.4. The molecule has 0 bridgehead atoms. The molecule has 0 radical (unpaired) electrons. The summed E-state index contributed by atoms with van der Waals surface area (Å²) in [7, 11) is -3.60. The fourth-order valence-electron chi connectivity index (χ4n) is 3.95. The van der Waals surface area contributed by atoms with E-state index in [0.717, 1.165) is 24.0 Å². The first-order valence-corrected chi connectivity index (χ1v) is 14.2. The number of carbonyl (C=O) groups is 2. The number of ether oxygens (including phenoxy) is 4. The van der Waals surface area contributed by atoms with E-state index in [4.69, 9.17) is 23.5 Å². The molecule has 2 aromatic carbocycles. The van der Waals surface area contributed by atoms with E-state index in [-0.39, 0.29) is 12.6 Å². The summed E-state index contributed by atoms with van der Waals surface area (Å²) in [6.07, 6.45) is -0.618. The molecule has 3 unspecified atom stereocenters. The molecule has 0 aromatic heterocycles. The van der Waals surface area contributed by atoms with Crippen molar-refractivity contribution in [2.75, 3.05) is 19.4 Å². The number of hydrogen-bond donors (Lipinski definition) is 0. The Kier molecular flexibility index (Phi) is 10.1. The molecule has 1 aliphatic rings. The largest absolute Gasteiger partial charge is 0.439 e. The third kappa shape index (κ3) is 7.19. The molecule has 0 amide bonds. The van der Waals surface area contributed by atoms with Crippen molar-refractivity contribution in [3.63, 3.8) is 0 Å². The summed E-state index contributed by atoms with van der Waals surface area (Å²) in [6.45, 7) is 7.95. The van der Waals surface area contributed by atoms with Gasteiger partial charge in [0, 0.05) is 5.56 Å². The predicted octanol–water partition coefficient (Wildman–Crippen LogP) is 5.29. The van der Waals surface area contributed by atoms with Crippen molar-refractivity contribution in [2.24, 2.45) is 5.92 Å². The van der Waals surface area contributed by atoms with Gasteiger partial charge in [-0.3, -0.25) is 14.2 Å². The van der Waals surface area contributed by atoms with Crippen molar-refractivity contribution in [1.82, 2.24) is 0 Å². The van der Waals surface area contributed by atoms with Crippen molar-refractivity contribution in [3.8, 4) is 16.9 Å². The smallest absolute Gasteiger partial charge is 0.312 e. The number of rotatable bonds is 13. The molecule has 3 rings (SSSR count). The Balaban J connectivity index is 1.85. The molecule has 0 spiro atoms. The Morgan fingerprint density at radius 2 is 1.44 bits per heavy atom. The summed E-state index contributed by atoms with van der Waals surface area (Å²) < 4.78 is 42.0. The second kappa shape index (κ2) is 13.0. The predicted molar refractivity (Wildman–Crippen MR) is 136 cm³/mol. The molecule has 0 aliphatic carbocycles. The highest BCUT2D eigenvalue weighted by Crippen LogP contribution is 2.55. The summed E-state index contributed by atoms with van der Waals surface area (Å²) in [4.78, 5) is 25.9. The Morgan fingerprint density at radius 1 is 0.861 bits per heavy atom. The quantitative estimate of drug-likeness (QED) is 0.201. The lowest BCUT2D eigenvalue weighted by Gasteiger charge is -2.30. The molecular weight excluding hydrogens is 483 g/mol. The summed E-state index contributed by atoms with van der Waals surface area (Å²) in [6, 6.07) is 14.6. The standard InChI is InChI=1S/C27H35O8P/c1-5-15-31-19(3)33-26(28)17-21(27(29)34-20(4)32-16-6-2)18-36(30)25-14-10-8-12-23(25)22-11-7-9-13-24(22)35-36/h7-14,19-21H,5-6,15-18H2,1-4H3/t19-,20?,21?,36?/m0/s1. The molecule has 196 valence electrons. The zero-order valence-electron chi connectivity index (χ0n) is 21.3. The SMILES string of the molecule is CCCOC(C)OC(=O)C(CC(=O)O[C@@H](C)OCCC)CP1(=O)Oc2ccccc2-c2ccccc21. The molecular formula is C27H35O8P. The van der Waals surface area contributed by atoms with Crippen molar-refractivity contribution < 1.29 is 37.6 Å². The average molecular weight is 519 g/mol. The van der Waals surface area contributed by atoms with E-state index in [0.29, 0.717) is 24.3 Å². The van der Waals surface area contributed by atoms with Crippen LogP contribution in [0.3, 0.4) is 0 Å². The molecule has 0 saturated carbocycles. The number of carbonyl (C=O) groups excluding carboxylic acids is 2. The summed E-state index contributed by atoms with van der Waals surface area (Å²) in [5, 5.41) is 0.504. The highest BCUT2D eigenvalue weighted by atomic mass is 31.2. The fourth-order valence-corrected chi connectivity index (χ4v) is 6.53. The van der Waals surface area contributed by atoms with Crippen LogP contribution in [0.15, 0.2) is 48.5 Å². The van der Waals surface area contributed by atoms with Gasteiger partial charge in [0.1, 0.15) is 5.75 Å². The minimum Gasteiger partial charge on any atom is -0.439 e. The maximum Gasteiger partial charge on any atom is 0.312 e. The van der Waals surface area contributed by atoms with Crippen LogP contribution in [-0.2, 0) is 33.1 Å². The monoisotopic (exact) mass is 518 g/mol. The van der Waals surface area contributed by atoms with Gasteiger partial charge in [0.25, 0.3) is 7.37 Å². The highest BCUT2D eigenvalue weighted by Gasteiger charge is 2.41. The van der Waals surface area contributed by atoms with Crippen LogP contribution in [-0.4, -0.2) is 43.9 Å². The molecule has 36 heavy (non-hydrogen) atoms. The number of esters is 2. The van der Waals surface area contributed by atoms with Crippen molar-refractivity contribution >= 4 is 24.6 Å². The number of benzene rings is 2. The number of hydrogen-bond acceptors (Lipinski definition) is 8. The molecule has 0 N–H and O–H groups in total. The second-order valence-corrected chi connectivity index (χ2v) is 11.0. The molecule has 9 heteroatoms. The second-order valence-electron chi connectivity index (χ2n) is 8.67. The van der Waals surface area contributed by atoms with Crippen LogP contribution >= 0.6 is 7.37 Å². The third-order valence-corrected chi connectivity index (χ3v) is 8.13. The molecule has 1 heterocycles. The van der Waals surface area contributed by atoms with Gasteiger partial charge in [-0.1, -0.05) is 50.2 Å². The van der Waals surface area contributed by atoms with Gasteiger partial charge in [-0.25, -0.2) is 0 Å². The van der Waals surface area contributed by atoms with Gasteiger partial charge < -0.3 is 23.5 Å². The normalized spacial score (nSPS) is 18.7. The summed E-state index contributed by atoms with van der Waals surface area (Å²) in [5.74, 6) is -1.96. The summed E-state index contributed by atoms with van der Waals surface area (Å²) >= 11 is 0. The van der Waals surface area contributed by atoms with E-state index in [2.05, 4.69) is 0 Å². The zero-order chi connectivity index (χ0) is 26.1. The Hall–Kier alpha value is -2.67. The number of para-hydroxylation sites is 1. The van der Waals surface area contributed by atoms with Gasteiger partial charge in [-0.05, 0) is 44.4 Å². The lowest BCUT2D eigenvalue weighted by Crippen LogP contribution is -2.32. The van der Waals surface area contributed by atoms with Crippen molar-refractivity contribution in [1.29, 1.82) is 0 Å². The van der Waals surface area contributed by atoms with Crippen molar-refractivity contribution in [3.05, 3.63) is 48.5 Å². The lowest BCUT2D eigenvalue weighted by atomic mass is 10.0. The molecule has 2 aromatic rings. The van der Waals surface area contributed by atoms with Crippen LogP contribution in [0.25, 0.3) is 11.1 Å². The van der Waals surface area contributed by atoms with E-state index >= 15 is 0 Å². The van der Waals surface area contributed by atoms with Crippen LogP contribution in [0.4, 0.5) is 0 Å². The van der Waals surface area contributed by atoms with Gasteiger partial charge >= 0.3 is 11.9 Å². The minimum atomic E-state index is -3.60. The first kappa shape index (κ1) is 27.9. The van der Waals surface area contributed by atoms with E-state index in [1.54, 1.807) is 38.1 Å². The fraction of sp³-hybridized carbons (Fsp3) is 0.481. The van der Waals surface area contributed by atoms with Gasteiger partial charge in [0.15, 0.2) is 12.6 Å². The molecule has 8 nitrogen and oxygen atoms in total.